The molecule has 11 heteroatoms. The highest BCUT2D eigenvalue weighted by molar-refractivity contribution is 6.35. The Morgan fingerprint density at radius 3 is 2.50 bits per heavy atom. The fourth-order valence-electron chi connectivity index (χ4n) is 4.55. The minimum atomic E-state index is -0.356. The van der Waals surface area contributed by atoms with E-state index in [9.17, 15) is 4.79 Å². The first-order valence-corrected chi connectivity index (χ1v) is 13.0. The number of aromatic nitrogens is 4. The molecule has 0 aliphatic rings. The second kappa shape index (κ2) is 12.8. The number of hydrogen-bond donors (Lipinski definition) is 1. The molecule has 10 nitrogen and oxygen atoms in total. The number of pyridine rings is 2. The van der Waals surface area contributed by atoms with Gasteiger partial charge in [0.1, 0.15) is 17.2 Å². The van der Waals surface area contributed by atoms with E-state index in [1.54, 1.807) is 51.6 Å². The van der Waals surface area contributed by atoms with Crippen molar-refractivity contribution in [2.45, 2.75) is 26.3 Å². The lowest BCUT2D eigenvalue weighted by atomic mass is 9.97. The first kappa shape index (κ1) is 28.8. The van der Waals surface area contributed by atoms with Gasteiger partial charge in [-0.15, -0.1) is 0 Å². The average Bonchev–Trinajstić information content (AvgIpc) is 3.37. The Bertz CT molecular complexity index is 1550. The van der Waals surface area contributed by atoms with Crippen LogP contribution in [0.15, 0.2) is 43.2 Å². The van der Waals surface area contributed by atoms with E-state index in [-0.39, 0.29) is 5.91 Å². The average molecular weight is 566 g/mol. The Morgan fingerprint density at radius 1 is 1.07 bits per heavy atom. The van der Waals surface area contributed by atoms with E-state index in [1.165, 1.54) is 6.08 Å². The van der Waals surface area contributed by atoms with Crippen LogP contribution < -0.4 is 19.5 Å². The molecule has 0 aliphatic carbocycles. The predicted octanol–water partition coefficient (Wildman–Crippen LogP) is 5.56. The van der Waals surface area contributed by atoms with Crippen molar-refractivity contribution in [1.82, 2.24) is 19.7 Å². The molecule has 0 saturated heterocycles. The third-order valence-electron chi connectivity index (χ3n) is 6.40. The number of carbonyl (C=O) groups is 1. The van der Waals surface area contributed by atoms with Crippen LogP contribution in [0.2, 0.25) is 5.02 Å². The monoisotopic (exact) mass is 565 g/mol. The van der Waals surface area contributed by atoms with Crippen LogP contribution in [0.5, 0.6) is 17.4 Å². The largest absolute Gasteiger partial charge is 0.496 e. The molecular weight excluding hydrogens is 534 g/mol. The third-order valence-corrected chi connectivity index (χ3v) is 6.77. The van der Waals surface area contributed by atoms with Gasteiger partial charge in [-0.1, -0.05) is 31.5 Å². The quantitative estimate of drug-likeness (QED) is 0.222. The number of amides is 1. The summed E-state index contributed by atoms with van der Waals surface area (Å²) in [6.45, 7) is 6.51. The van der Waals surface area contributed by atoms with Gasteiger partial charge in [-0.3, -0.25) is 14.5 Å². The lowest BCUT2D eigenvalue weighted by Gasteiger charge is -2.19. The molecular formula is C29H32ClN5O5. The van der Waals surface area contributed by atoms with Gasteiger partial charge in [0.15, 0.2) is 0 Å². The predicted molar refractivity (Wildman–Crippen MR) is 156 cm³/mol. The highest BCUT2D eigenvalue weighted by atomic mass is 35.5. The van der Waals surface area contributed by atoms with Crippen molar-refractivity contribution in [3.8, 4) is 40.0 Å². The molecule has 0 atom stereocenters. The molecule has 0 aliphatic heterocycles. The Morgan fingerprint density at radius 2 is 1.85 bits per heavy atom. The molecule has 3 heterocycles. The number of rotatable bonds is 12. The first-order valence-electron chi connectivity index (χ1n) is 12.7. The highest BCUT2D eigenvalue weighted by Crippen LogP contribution is 2.44. The number of hydrogen-bond acceptors (Lipinski definition) is 8. The number of nitrogens with one attached hydrogen (secondary N) is 1. The normalized spacial score (nSPS) is 10.9. The summed E-state index contributed by atoms with van der Waals surface area (Å²) in [5, 5.41) is 9.17. The lowest BCUT2D eigenvalue weighted by molar-refractivity contribution is -0.111. The zero-order valence-corrected chi connectivity index (χ0v) is 24.0. The second-order valence-corrected chi connectivity index (χ2v) is 9.20. The fraction of sp³-hybridized carbons (Fsp3) is 0.310. The molecule has 0 bridgehead atoms. The van der Waals surface area contributed by atoms with Crippen molar-refractivity contribution in [3.63, 3.8) is 0 Å². The molecule has 1 aromatic carbocycles. The maximum absolute atomic E-state index is 12.1. The van der Waals surface area contributed by atoms with Crippen LogP contribution in [0, 0.1) is 0 Å². The molecule has 0 fully saturated rings. The molecule has 0 radical (unpaired) electrons. The van der Waals surface area contributed by atoms with E-state index in [0.29, 0.717) is 58.3 Å². The summed E-state index contributed by atoms with van der Waals surface area (Å²) in [4.78, 5) is 21.7. The van der Waals surface area contributed by atoms with Gasteiger partial charge in [0, 0.05) is 41.3 Å². The zero-order valence-electron chi connectivity index (χ0n) is 23.2. The van der Waals surface area contributed by atoms with Gasteiger partial charge in [0.25, 0.3) is 0 Å². The number of nitrogens with zero attached hydrogens (tertiary/aromatic N) is 4. The Hall–Kier alpha value is -4.15. The fourth-order valence-corrected chi connectivity index (χ4v) is 4.89. The van der Waals surface area contributed by atoms with Gasteiger partial charge >= 0.3 is 0 Å². The number of ether oxygens (including phenoxy) is 4. The molecule has 210 valence electrons. The van der Waals surface area contributed by atoms with Crippen molar-refractivity contribution in [2.75, 3.05) is 40.4 Å². The molecule has 4 aromatic rings. The second-order valence-electron chi connectivity index (χ2n) is 8.82. The molecule has 4 rings (SSSR count). The van der Waals surface area contributed by atoms with Crippen LogP contribution in [0.1, 0.15) is 18.9 Å². The molecule has 3 aromatic heterocycles. The first-order chi connectivity index (χ1) is 19.4. The summed E-state index contributed by atoms with van der Waals surface area (Å²) in [5.74, 6) is 1.19. The molecule has 0 spiro atoms. The van der Waals surface area contributed by atoms with Crippen LogP contribution in [-0.2, 0) is 22.5 Å². The maximum atomic E-state index is 12.1. The molecule has 0 saturated carbocycles. The summed E-state index contributed by atoms with van der Waals surface area (Å²) in [5.41, 5.74) is 3.94. The number of fused-ring (bicyclic) bond motifs is 1. The Balaban J connectivity index is 1.92. The number of benzene rings is 1. The lowest BCUT2D eigenvalue weighted by Crippen LogP contribution is -2.11. The smallest absolute Gasteiger partial charge is 0.247 e. The van der Waals surface area contributed by atoms with Crippen molar-refractivity contribution in [2.24, 2.45) is 0 Å². The van der Waals surface area contributed by atoms with Crippen LogP contribution in [0.25, 0.3) is 33.4 Å². The van der Waals surface area contributed by atoms with Gasteiger partial charge in [0.2, 0.25) is 11.8 Å². The maximum Gasteiger partial charge on any atom is 0.247 e. The Labute approximate surface area is 237 Å². The van der Waals surface area contributed by atoms with Gasteiger partial charge in [0.05, 0.1) is 62.8 Å². The van der Waals surface area contributed by atoms with Crippen LogP contribution in [0.4, 0.5) is 5.69 Å². The van der Waals surface area contributed by atoms with Crippen molar-refractivity contribution in [1.29, 1.82) is 0 Å². The van der Waals surface area contributed by atoms with E-state index in [2.05, 4.69) is 23.9 Å². The topological polar surface area (TPSA) is 110 Å². The van der Waals surface area contributed by atoms with E-state index < -0.39 is 0 Å². The molecule has 0 unspecified atom stereocenters. The number of methoxy groups -OCH3 is 4. The zero-order chi connectivity index (χ0) is 28.8. The summed E-state index contributed by atoms with van der Waals surface area (Å²) >= 11 is 6.84. The van der Waals surface area contributed by atoms with Crippen LogP contribution in [-0.4, -0.2) is 60.7 Å². The molecule has 1 amide bonds. The van der Waals surface area contributed by atoms with E-state index in [0.717, 1.165) is 34.7 Å². The van der Waals surface area contributed by atoms with Crippen molar-refractivity contribution in [3.05, 3.63) is 53.8 Å². The molecule has 1 N–H and O–H groups in total. The van der Waals surface area contributed by atoms with Gasteiger partial charge in [-0.25, -0.2) is 4.98 Å². The summed E-state index contributed by atoms with van der Waals surface area (Å²) in [6.07, 6.45) is 6.11. The summed E-state index contributed by atoms with van der Waals surface area (Å²) < 4.78 is 23.9. The number of anilines is 1. The molecule has 40 heavy (non-hydrogen) atoms. The standard InChI is InChI=1S/C29H32ClN5O5/c1-7-9-18-23(38-4)14-24(39-5)27(30)26(18)20-12-17-15-31-21(13-19(17)29(34-20)40-6)28-22(33-25(36)8-2)16-32-35(28)10-11-37-3/h8,12-16H,2,7,9-11H2,1,3-6H3,(H,33,36). The van der Waals surface area contributed by atoms with Gasteiger partial charge in [-0.05, 0) is 24.6 Å². The van der Waals surface area contributed by atoms with Crippen LogP contribution >= 0.6 is 11.6 Å². The van der Waals surface area contributed by atoms with Gasteiger partial charge < -0.3 is 24.3 Å². The number of carbonyl (C=O) groups excluding carboxylic acids is 1. The summed E-state index contributed by atoms with van der Waals surface area (Å²) in [6, 6.07) is 5.56. The minimum absolute atomic E-state index is 0.356. The van der Waals surface area contributed by atoms with E-state index >= 15 is 0 Å². The van der Waals surface area contributed by atoms with Crippen molar-refractivity contribution < 1.29 is 23.7 Å². The SMILES string of the molecule is C=CC(=O)Nc1cnn(CCOC)c1-c1cc2c(OC)nc(-c3c(Cl)c(OC)cc(OC)c3CCC)cc2cn1. The number of halogens is 1. The Kier molecular flexibility index (Phi) is 9.23. The highest BCUT2D eigenvalue weighted by Gasteiger charge is 2.23. The third kappa shape index (κ3) is 5.59. The van der Waals surface area contributed by atoms with Crippen LogP contribution in [0.3, 0.4) is 0 Å². The van der Waals surface area contributed by atoms with E-state index in [4.69, 9.17) is 40.5 Å². The van der Waals surface area contributed by atoms with Gasteiger partial charge in [-0.2, -0.15) is 5.10 Å². The van der Waals surface area contributed by atoms with Crippen molar-refractivity contribution >= 4 is 34.0 Å². The summed E-state index contributed by atoms with van der Waals surface area (Å²) in [7, 11) is 6.36. The minimum Gasteiger partial charge on any atom is -0.496 e. The van der Waals surface area contributed by atoms with E-state index in [1.807, 2.05) is 12.1 Å².